The SMILES string of the molecule is NC(c1ccc(C(F)(F)F)cc1)C1Cc2ccccc2O1. The largest absolute Gasteiger partial charge is 0.488 e. The second kappa shape index (κ2) is 5.07. The molecule has 2 unspecified atom stereocenters. The van der Waals surface area contributed by atoms with Crippen LogP contribution < -0.4 is 10.5 Å². The molecule has 1 aliphatic heterocycles. The Balaban J connectivity index is 1.76. The maximum absolute atomic E-state index is 12.5. The first-order valence-electron chi connectivity index (χ1n) is 6.62. The molecule has 21 heavy (non-hydrogen) atoms. The molecule has 0 saturated carbocycles. The zero-order valence-electron chi connectivity index (χ0n) is 11.1. The van der Waals surface area contributed by atoms with Gasteiger partial charge in [-0.05, 0) is 29.3 Å². The minimum atomic E-state index is -4.33. The summed E-state index contributed by atoms with van der Waals surface area (Å²) in [6.07, 6.45) is -3.92. The van der Waals surface area contributed by atoms with Crippen LogP contribution in [-0.2, 0) is 12.6 Å². The van der Waals surface area contributed by atoms with Crippen molar-refractivity contribution >= 4 is 0 Å². The Hall–Kier alpha value is -2.01. The Morgan fingerprint density at radius 1 is 1.05 bits per heavy atom. The summed E-state index contributed by atoms with van der Waals surface area (Å²) in [4.78, 5) is 0. The van der Waals surface area contributed by atoms with E-state index in [1.54, 1.807) is 0 Å². The van der Waals surface area contributed by atoms with E-state index < -0.39 is 17.8 Å². The predicted molar refractivity (Wildman–Crippen MR) is 72.9 cm³/mol. The van der Waals surface area contributed by atoms with Crippen LogP contribution in [-0.4, -0.2) is 6.10 Å². The van der Waals surface area contributed by atoms with Crippen LogP contribution in [0.2, 0.25) is 0 Å². The van der Waals surface area contributed by atoms with Gasteiger partial charge in [0, 0.05) is 6.42 Å². The van der Waals surface area contributed by atoms with E-state index in [0.717, 1.165) is 23.4 Å². The molecule has 0 bridgehead atoms. The summed E-state index contributed by atoms with van der Waals surface area (Å²) in [5.41, 5.74) is 7.17. The van der Waals surface area contributed by atoms with Crippen molar-refractivity contribution in [1.29, 1.82) is 0 Å². The van der Waals surface area contributed by atoms with Crippen molar-refractivity contribution in [2.75, 3.05) is 0 Å². The number of benzene rings is 2. The van der Waals surface area contributed by atoms with E-state index >= 15 is 0 Å². The van der Waals surface area contributed by atoms with Gasteiger partial charge < -0.3 is 10.5 Å². The molecule has 0 spiro atoms. The smallest absolute Gasteiger partial charge is 0.416 e. The number of nitrogens with two attached hydrogens (primary N) is 1. The monoisotopic (exact) mass is 293 g/mol. The highest BCUT2D eigenvalue weighted by Crippen LogP contribution is 2.34. The summed E-state index contributed by atoms with van der Waals surface area (Å²) in [6, 6.07) is 12.1. The molecule has 1 aliphatic rings. The van der Waals surface area contributed by atoms with E-state index in [1.807, 2.05) is 24.3 Å². The molecular weight excluding hydrogens is 279 g/mol. The molecule has 3 rings (SSSR count). The van der Waals surface area contributed by atoms with Gasteiger partial charge in [0.15, 0.2) is 0 Å². The van der Waals surface area contributed by atoms with Gasteiger partial charge in [-0.2, -0.15) is 13.2 Å². The quantitative estimate of drug-likeness (QED) is 0.916. The number of hydrogen-bond donors (Lipinski definition) is 1. The van der Waals surface area contributed by atoms with E-state index in [4.69, 9.17) is 10.5 Å². The minimum Gasteiger partial charge on any atom is -0.488 e. The van der Waals surface area contributed by atoms with E-state index in [2.05, 4.69) is 0 Å². The van der Waals surface area contributed by atoms with Crippen LogP contribution in [0.1, 0.15) is 22.7 Å². The lowest BCUT2D eigenvalue weighted by Crippen LogP contribution is -2.30. The fourth-order valence-electron chi connectivity index (χ4n) is 2.52. The first-order valence-corrected chi connectivity index (χ1v) is 6.62. The Morgan fingerprint density at radius 3 is 2.33 bits per heavy atom. The lowest BCUT2D eigenvalue weighted by Gasteiger charge is -2.20. The normalized spacial score (nSPS) is 19.0. The number of ether oxygens (including phenoxy) is 1. The lowest BCUT2D eigenvalue weighted by atomic mass is 9.97. The zero-order chi connectivity index (χ0) is 15.0. The predicted octanol–water partition coefficient (Wildman–Crippen LogP) is 3.71. The second-order valence-corrected chi connectivity index (χ2v) is 5.11. The van der Waals surface area contributed by atoms with Crippen LogP contribution in [0.4, 0.5) is 13.2 Å². The molecule has 2 aromatic rings. The third-order valence-corrected chi connectivity index (χ3v) is 3.70. The van der Waals surface area contributed by atoms with Crippen molar-refractivity contribution in [3.8, 4) is 5.75 Å². The fourth-order valence-corrected chi connectivity index (χ4v) is 2.52. The van der Waals surface area contributed by atoms with E-state index in [-0.39, 0.29) is 6.10 Å². The third-order valence-electron chi connectivity index (χ3n) is 3.70. The maximum Gasteiger partial charge on any atom is 0.416 e. The van der Waals surface area contributed by atoms with Gasteiger partial charge in [-0.25, -0.2) is 0 Å². The molecule has 0 aliphatic carbocycles. The topological polar surface area (TPSA) is 35.2 Å². The fraction of sp³-hybridized carbons (Fsp3) is 0.250. The van der Waals surface area contributed by atoms with Crippen LogP contribution in [0.15, 0.2) is 48.5 Å². The van der Waals surface area contributed by atoms with Crippen molar-refractivity contribution in [2.45, 2.75) is 24.7 Å². The molecule has 5 heteroatoms. The number of halogens is 3. The van der Waals surface area contributed by atoms with Crippen molar-refractivity contribution in [2.24, 2.45) is 5.73 Å². The minimum absolute atomic E-state index is 0.251. The summed E-state index contributed by atoms with van der Waals surface area (Å²) < 4.78 is 43.4. The molecule has 2 atom stereocenters. The highest BCUT2D eigenvalue weighted by Gasteiger charge is 2.32. The first-order chi connectivity index (χ1) is 9.95. The molecule has 110 valence electrons. The van der Waals surface area contributed by atoms with Gasteiger partial charge in [-0.15, -0.1) is 0 Å². The van der Waals surface area contributed by atoms with Crippen molar-refractivity contribution in [1.82, 2.24) is 0 Å². The second-order valence-electron chi connectivity index (χ2n) is 5.11. The molecular formula is C16H14F3NO. The summed E-state index contributed by atoms with van der Waals surface area (Å²) in [7, 11) is 0. The van der Waals surface area contributed by atoms with Crippen LogP contribution >= 0.6 is 0 Å². The standard InChI is InChI=1S/C16H14F3NO/c17-16(18,19)12-7-5-10(6-8-12)15(20)14-9-11-3-1-2-4-13(11)21-14/h1-8,14-15H,9,20H2. The first kappa shape index (κ1) is 13.9. The van der Waals surface area contributed by atoms with Gasteiger partial charge in [-0.3, -0.25) is 0 Å². The average Bonchev–Trinajstić information content (AvgIpc) is 2.89. The summed E-state index contributed by atoms with van der Waals surface area (Å²) in [6.45, 7) is 0. The number of rotatable bonds is 2. The molecule has 2 N–H and O–H groups in total. The number of hydrogen-bond acceptors (Lipinski definition) is 2. The van der Waals surface area contributed by atoms with Crippen molar-refractivity contribution in [3.05, 3.63) is 65.2 Å². The molecule has 0 aromatic heterocycles. The third kappa shape index (κ3) is 2.74. The van der Waals surface area contributed by atoms with Gasteiger partial charge in [0.2, 0.25) is 0 Å². The average molecular weight is 293 g/mol. The summed E-state index contributed by atoms with van der Waals surface area (Å²) >= 11 is 0. The molecule has 0 fully saturated rings. The number of alkyl halides is 3. The number of fused-ring (bicyclic) bond motifs is 1. The van der Waals surface area contributed by atoms with E-state index in [0.29, 0.717) is 12.0 Å². The Labute approximate surface area is 120 Å². The van der Waals surface area contributed by atoms with Crippen LogP contribution in [0, 0.1) is 0 Å². The highest BCUT2D eigenvalue weighted by molar-refractivity contribution is 5.38. The molecule has 1 heterocycles. The Morgan fingerprint density at radius 2 is 1.71 bits per heavy atom. The lowest BCUT2D eigenvalue weighted by molar-refractivity contribution is -0.137. The zero-order valence-corrected chi connectivity index (χ0v) is 11.1. The molecule has 0 radical (unpaired) electrons. The van der Waals surface area contributed by atoms with Gasteiger partial charge in [0.25, 0.3) is 0 Å². The van der Waals surface area contributed by atoms with E-state index in [1.165, 1.54) is 12.1 Å². The Bertz CT molecular complexity index is 612. The van der Waals surface area contributed by atoms with Gasteiger partial charge >= 0.3 is 6.18 Å². The van der Waals surface area contributed by atoms with E-state index in [9.17, 15) is 13.2 Å². The van der Waals surface area contributed by atoms with Crippen LogP contribution in [0.3, 0.4) is 0 Å². The highest BCUT2D eigenvalue weighted by atomic mass is 19.4. The number of para-hydroxylation sites is 1. The van der Waals surface area contributed by atoms with Gasteiger partial charge in [-0.1, -0.05) is 30.3 Å². The summed E-state index contributed by atoms with van der Waals surface area (Å²) in [5.74, 6) is 0.796. The van der Waals surface area contributed by atoms with Gasteiger partial charge in [0.1, 0.15) is 11.9 Å². The van der Waals surface area contributed by atoms with Crippen molar-refractivity contribution in [3.63, 3.8) is 0 Å². The summed E-state index contributed by atoms with van der Waals surface area (Å²) in [5, 5.41) is 0. The Kier molecular flexibility index (Phi) is 3.37. The molecule has 2 nitrogen and oxygen atoms in total. The molecule has 0 saturated heterocycles. The van der Waals surface area contributed by atoms with Gasteiger partial charge in [0.05, 0.1) is 11.6 Å². The molecule has 0 amide bonds. The van der Waals surface area contributed by atoms with Crippen molar-refractivity contribution < 1.29 is 17.9 Å². The van der Waals surface area contributed by atoms with Crippen LogP contribution in [0.5, 0.6) is 5.75 Å². The van der Waals surface area contributed by atoms with Crippen LogP contribution in [0.25, 0.3) is 0 Å². The molecule has 2 aromatic carbocycles. The maximum atomic E-state index is 12.5.